The molecule has 1 saturated heterocycles. The fraction of sp³-hybridized carbons (Fsp3) is 1.00. The van der Waals surface area contributed by atoms with Gasteiger partial charge in [-0.1, -0.05) is 20.8 Å². The molecule has 1 aliphatic rings. The van der Waals surface area contributed by atoms with Crippen LogP contribution in [0.2, 0.25) is 0 Å². The summed E-state index contributed by atoms with van der Waals surface area (Å²) in [5.41, 5.74) is -0.358. The summed E-state index contributed by atoms with van der Waals surface area (Å²) in [7, 11) is 0. The molecule has 114 valence electrons. The quantitative estimate of drug-likeness (QED) is 0.804. The van der Waals surface area contributed by atoms with Gasteiger partial charge in [0.05, 0.1) is 17.8 Å². The molecule has 0 saturated carbocycles. The first-order chi connectivity index (χ1) is 8.38. The van der Waals surface area contributed by atoms with Crippen LogP contribution in [0.15, 0.2) is 0 Å². The Morgan fingerprint density at radius 3 is 2.32 bits per heavy atom. The molecule has 0 bridgehead atoms. The zero-order valence-corrected chi connectivity index (χ0v) is 14.5. The molecular formula is C13H27O4PS. The van der Waals surface area contributed by atoms with Crippen LogP contribution in [0.3, 0.4) is 0 Å². The second kappa shape index (κ2) is 6.08. The maximum Gasteiger partial charge on any atom is 0.325 e. The fourth-order valence-corrected chi connectivity index (χ4v) is 4.40. The van der Waals surface area contributed by atoms with E-state index in [2.05, 4.69) is 20.8 Å². The second-order valence-corrected chi connectivity index (χ2v) is 9.99. The van der Waals surface area contributed by atoms with E-state index in [4.69, 9.17) is 25.6 Å². The summed E-state index contributed by atoms with van der Waals surface area (Å²) >= 11 is 5.09. The number of rotatable bonds is 4. The molecule has 1 fully saturated rings. The van der Waals surface area contributed by atoms with E-state index >= 15 is 0 Å². The van der Waals surface area contributed by atoms with Crippen molar-refractivity contribution in [2.45, 2.75) is 72.2 Å². The Kier molecular flexibility index (Phi) is 5.62. The van der Waals surface area contributed by atoms with Crippen LogP contribution in [0.1, 0.15) is 54.4 Å². The zero-order chi connectivity index (χ0) is 14.9. The highest BCUT2D eigenvalue weighted by Crippen LogP contribution is 2.50. The standard InChI is InChI=1S/C13H27O4PS/c1-12(2,3)9-11-10(7-8-15-11)16-18(14,19)17-13(4,5)6/h10-11H,7-9H2,1-6H3,(H,14,19)/t10?,11-,18?/m1/s1. The SMILES string of the molecule is CC(C)(C)C[C@H]1OCCC1OP(O)(=S)OC(C)(C)C. The molecule has 6 heteroatoms. The van der Waals surface area contributed by atoms with E-state index in [1.54, 1.807) is 0 Å². The maximum atomic E-state index is 10.2. The van der Waals surface area contributed by atoms with Crippen molar-refractivity contribution in [3.8, 4) is 0 Å². The van der Waals surface area contributed by atoms with Gasteiger partial charge in [-0.25, -0.2) is 0 Å². The number of hydrogen-bond acceptors (Lipinski definition) is 4. The topological polar surface area (TPSA) is 47.9 Å². The predicted octanol–water partition coefficient (Wildman–Crippen LogP) is 3.63. The number of hydrogen-bond donors (Lipinski definition) is 1. The summed E-state index contributed by atoms with van der Waals surface area (Å²) < 4.78 is 16.8. The molecule has 0 aromatic heterocycles. The average molecular weight is 310 g/mol. The van der Waals surface area contributed by atoms with Crippen molar-refractivity contribution in [3.63, 3.8) is 0 Å². The van der Waals surface area contributed by atoms with E-state index in [9.17, 15) is 4.89 Å². The largest absolute Gasteiger partial charge is 0.375 e. The minimum absolute atomic E-state index is 0.0157. The van der Waals surface area contributed by atoms with Crippen LogP contribution in [0.5, 0.6) is 0 Å². The van der Waals surface area contributed by atoms with E-state index in [-0.39, 0.29) is 17.6 Å². The molecule has 0 amide bonds. The van der Waals surface area contributed by atoms with Crippen LogP contribution in [0, 0.1) is 5.41 Å². The van der Waals surface area contributed by atoms with E-state index in [0.29, 0.717) is 6.61 Å². The maximum absolute atomic E-state index is 10.2. The molecule has 0 aromatic rings. The molecule has 4 nitrogen and oxygen atoms in total. The van der Waals surface area contributed by atoms with Crippen molar-refractivity contribution >= 4 is 18.5 Å². The lowest BCUT2D eigenvalue weighted by molar-refractivity contribution is 0.00740. The van der Waals surface area contributed by atoms with Crippen LogP contribution in [0.4, 0.5) is 0 Å². The van der Waals surface area contributed by atoms with Gasteiger partial charge in [-0.2, -0.15) is 0 Å². The van der Waals surface area contributed by atoms with Crippen molar-refractivity contribution in [2.75, 3.05) is 6.61 Å². The lowest BCUT2D eigenvalue weighted by Crippen LogP contribution is -2.29. The molecule has 19 heavy (non-hydrogen) atoms. The van der Waals surface area contributed by atoms with Crippen molar-refractivity contribution in [2.24, 2.45) is 5.41 Å². The highest BCUT2D eigenvalue weighted by Gasteiger charge is 2.37. The van der Waals surface area contributed by atoms with Gasteiger partial charge in [0, 0.05) is 13.0 Å². The Labute approximate surface area is 122 Å². The molecule has 0 aliphatic carbocycles. The molecular weight excluding hydrogens is 283 g/mol. The molecule has 0 aromatic carbocycles. The fourth-order valence-electron chi connectivity index (χ4n) is 2.08. The highest BCUT2D eigenvalue weighted by molar-refractivity contribution is 8.07. The van der Waals surface area contributed by atoms with Crippen LogP contribution >= 0.6 is 6.72 Å². The molecule has 2 unspecified atom stereocenters. The first-order valence-corrected chi connectivity index (χ1v) is 9.31. The van der Waals surface area contributed by atoms with Crippen molar-refractivity contribution in [3.05, 3.63) is 0 Å². The summed E-state index contributed by atoms with van der Waals surface area (Å²) in [6.45, 7) is 9.47. The lowest BCUT2D eigenvalue weighted by Gasteiger charge is -2.31. The van der Waals surface area contributed by atoms with E-state index in [1.165, 1.54) is 0 Å². The van der Waals surface area contributed by atoms with Crippen LogP contribution in [-0.2, 0) is 25.6 Å². The molecule has 0 radical (unpaired) electrons. The molecule has 1 aliphatic heterocycles. The van der Waals surface area contributed by atoms with Crippen molar-refractivity contribution in [1.82, 2.24) is 0 Å². The summed E-state index contributed by atoms with van der Waals surface area (Å²) in [6, 6.07) is 0. The summed E-state index contributed by atoms with van der Waals surface area (Å²) in [6.07, 6.45) is 1.45. The normalized spacial score (nSPS) is 28.4. The van der Waals surface area contributed by atoms with Crippen LogP contribution in [0.25, 0.3) is 0 Å². The van der Waals surface area contributed by atoms with Gasteiger partial charge in [0.15, 0.2) is 0 Å². The zero-order valence-electron chi connectivity index (χ0n) is 12.8. The van der Waals surface area contributed by atoms with Crippen LogP contribution < -0.4 is 0 Å². The molecule has 0 spiro atoms. The average Bonchev–Trinajstić information content (AvgIpc) is 2.43. The summed E-state index contributed by atoms with van der Waals surface area (Å²) in [5, 5.41) is 0. The van der Waals surface area contributed by atoms with Gasteiger partial charge in [-0.15, -0.1) is 0 Å². The first kappa shape index (κ1) is 17.5. The minimum Gasteiger partial charge on any atom is -0.375 e. The van der Waals surface area contributed by atoms with Gasteiger partial charge in [0.1, 0.15) is 0 Å². The Bertz CT molecular complexity index is 346. The van der Waals surface area contributed by atoms with Crippen LogP contribution in [-0.4, -0.2) is 29.3 Å². The van der Waals surface area contributed by atoms with E-state index in [1.807, 2.05) is 20.8 Å². The Morgan fingerprint density at radius 2 is 1.84 bits per heavy atom. The third kappa shape index (κ3) is 7.16. The van der Waals surface area contributed by atoms with Gasteiger partial charge >= 0.3 is 6.72 Å². The third-order valence-corrected chi connectivity index (χ3v) is 4.42. The minimum atomic E-state index is -3.21. The van der Waals surface area contributed by atoms with Gasteiger partial charge in [0.2, 0.25) is 0 Å². The van der Waals surface area contributed by atoms with Gasteiger partial charge in [0.25, 0.3) is 0 Å². The molecule has 1 heterocycles. The van der Waals surface area contributed by atoms with Gasteiger partial charge in [-0.05, 0) is 44.4 Å². The monoisotopic (exact) mass is 310 g/mol. The van der Waals surface area contributed by atoms with E-state index < -0.39 is 12.3 Å². The van der Waals surface area contributed by atoms with E-state index in [0.717, 1.165) is 12.8 Å². The molecule has 3 atom stereocenters. The highest BCUT2D eigenvalue weighted by atomic mass is 32.5. The summed E-state index contributed by atoms with van der Waals surface area (Å²) in [5.74, 6) is 0. The Hall–Kier alpha value is 0.490. The first-order valence-electron chi connectivity index (χ1n) is 6.72. The van der Waals surface area contributed by atoms with Gasteiger partial charge < -0.3 is 18.7 Å². The van der Waals surface area contributed by atoms with Crippen molar-refractivity contribution < 1.29 is 18.7 Å². The summed E-state index contributed by atoms with van der Waals surface area (Å²) in [4.78, 5) is 10.2. The van der Waals surface area contributed by atoms with Gasteiger partial charge in [-0.3, -0.25) is 0 Å². The third-order valence-electron chi connectivity index (χ3n) is 2.62. The van der Waals surface area contributed by atoms with Crippen molar-refractivity contribution in [1.29, 1.82) is 0 Å². The Balaban J connectivity index is 2.62. The smallest absolute Gasteiger partial charge is 0.325 e. The predicted molar refractivity (Wildman–Crippen MR) is 80.6 cm³/mol. The lowest BCUT2D eigenvalue weighted by atomic mass is 9.88. The Morgan fingerprint density at radius 1 is 1.26 bits per heavy atom. The molecule has 1 N–H and O–H groups in total. The number of ether oxygens (including phenoxy) is 1. The second-order valence-electron chi connectivity index (χ2n) is 7.28. The molecule has 1 rings (SSSR count).